The van der Waals surface area contributed by atoms with E-state index in [4.69, 9.17) is 5.73 Å². The molecular formula is C15H16N2O. The summed E-state index contributed by atoms with van der Waals surface area (Å²) >= 11 is 0. The van der Waals surface area contributed by atoms with E-state index < -0.39 is 0 Å². The first-order chi connectivity index (χ1) is 8.74. The van der Waals surface area contributed by atoms with Crippen molar-refractivity contribution in [2.24, 2.45) is 0 Å². The van der Waals surface area contributed by atoms with Gasteiger partial charge in [-0.05, 0) is 35.7 Å². The van der Waals surface area contributed by atoms with Crippen molar-refractivity contribution in [3.8, 4) is 0 Å². The fraction of sp³-hybridized carbons (Fsp3) is 0.200. The van der Waals surface area contributed by atoms with Crippen LogP contribution in [-0.4, -0.2) is 10.8 Å². The van der Waals surface area contributed by atoms with Gasteiger partial charge in [-0.2, -0.15) is 0 Å². The predicted octanol–water partition coefficient (Wildman–Crippen LogP) is 2.41. The van der Waals surface area contributed by atoms with Gasteiger partial charge in [0.15, 0.2) is 0 Å². The molecule has 0 fully saturated rings. The lowest BCUT2D eigenvalue weighted by Crippen LogP contribution is -2.04. The summed E-state index contributed by atoms with van der Waals surface area (Å²) in [6.07, 6.45) is 5.18. The number of carbonyl (C=O) groups excluding carboxylic acids is 1. The van der Waals surface area contributed by atoms with Crippen LogP contribution >= 0.6 is 0 Å². The number of rotatable bonds is 5. The van der Waals surface area contributed by atoms with Crippen LogP contribution in [0.1, 0.15) is 17.5 Å². The van der Waals surface area contributed by atoms with Crippen LogP contribution < -0.4 is 5.73 Å². The van der Waals surface area contributed by atoms with Gasteiger partial charge in [-0.15, -0.1) is 0 Å². The summed E-state index contributed by atoms with van der Waals surface area (Å²) in [5.74, 6) is 0.227. The van der Waals surface area contributed by atoms with Crippen LogP contribution in [0.25, 0.3) is 0 Å². The number of nitrogen functional groups attached to an aromatic ring is 1. The maximum atomic E-state index is 11.8. The van der Waals surface area contributed by atoms with Gasteiger partial charge in [0.2, 0.25) is 0 Å². The lowest BCUT2D eigenvalue weighted by Gasteiger charge is -2.03. The molecule has 92 valence electrons. The molecule has 1 heterocycles. The lowest BCUT2D eigenvalue weighted by molar-refractivity contribution is -0.118. The molecule has 0 bridgehead atoms. The number of aromatic nitrogens is 1. The minimum Gasteiger partial charge on any atom is -0.399 e. The highest BCUT2D eigenvalue weighted by atomic mass is 16.1. The van der Waals surface area contributed by atoms with E-state index in [-0.39, 0.29) is 5.78 Å². The zero-order chi connectivity index (χ0) is 12.8. The van der Waals surface area contributed by atoms with Crippen molar-refractivity contribution in [2.45, 2.75) is 19.3 Å². The molecule has 1 aromatic heterocycles. The summed E-state index contributed by atoms with van der Waals surface area (Å²) in [6, 6.07) is 11.4. The van der Waals surface area contributed by atoms with Crippen molar-refractivity contribution in [1.29, 1.82) is 0 Å². The van der Waals surface area contributed by atoms with Crippen LogP contribution in [0.2, 0.25) is 0 Å². The van der Waals surface area contributed by atoms with Gasteiger partial charge >= 0.3 is 0 Å². The highest BCUT2D eigenvalue weighted by Crippen LogP contribution is 2.10. The number of anilines is 1. The highest BCUT2D eigenvalue weighted by molar-refractivity contribution is 5.81. The maximum absolute atomic E-state index is 11.8. The third kappa shape index (κ3) is 3.70. The number of Topliss-reactive ketones (excluding diaryl/α,β-unsaturated/α-hetero) is 1. The Balaban J connectivity index is 1.85. The van der Waals surface area contributed by atoms with E-state index in [0.29, 0.717) is 12.8 Å². The normalized spacial score (nSPS) is 10.2. The molecule has 1 aromatic carbocycles. The number of nitrogens with two attached hydrogens (primary N) is 1. The summed E-state index contributed by atoms with van der Waals surface area (Å²) in [5, 5.41) is 0. The Morgan fingerprint density at radius 2 is 2.00 bits per heavy atom. The minimum absolute atomic E-state index is 0.227. The molecule has 0 unspecified atom stereocenters. The molecule has 0 aliphatic rings. The largest absolute Gasteiger partial charge is 0.399 e. The Kier molecular flexibility index (Phi) is 4.07. The van der Waals surface area contributed by atoms with Gasteiger partial charge in [0.1, 0.15) is 5.78 Å². The number of benzene rings is 1. The molecule has 0 saturated heterocycles. The smallest absolute Gasteiger partial charge is 0.137 e. The van der Waals surface area contributed by atoms with Gasteiger partial charge in [-0.3, -0.25) is 9.78 Å². The average Bonchev–Trinajstić information content (AvgIpc) is 2.38. The second kappa shape index (κ2) is 5.96. The molecule has 0 amide bonds. The van der Waals surface area contributed by atoms with E-state index in [1.165, 1.54) is 0 Å². The second-order valence-electron chi connectivity index (χ2n) is 4.32. The zero-order valence-corrected chi connectivity index (χ0v) is 10.2. The molecule has 0 spiro atoms. The van der Waals surface area contributed by atoms with Crippen LogP contribution in [0.3, 0.4) is 0 Å². The molecule has 3 heteroatoms. The Labute approximate surface area is 107 Å². The summed E-state index contributed by atoms with van der Waals surface area (Å²) in [7, 11) is 0. The summed E-state index contributed by atoms with van der Waals surface area (Å²) < 4.78 is 0. The summed E-state index contributed by atoms with van der Waals surface area (Å²) in [4.78, 5) is 15.8. The van der Waals surface area contributed by atoms with Crippen LogP contribution in [0, 0.1) is 0 Å². The van der Waals surface area contributed by atoms with E-state index >= 15 is 0 Å². The fourth-order valence-corrected chi connectivity index (χ4v) is 1.85. The van der Waals surface area contributed by atoms with Crippen molar-refractivity contribution in [2.75, 3.05) is 5.73 Å². The van der Waals surface area contributed by atoms with Gasteiger partial charge in [0.05, 0.1) is 0 Å². The second-order valence-corrected chi connectivity index (χ2v) is 4.32. The van der Waals surface area contributed by atoms with Gasteiger partial charge in [0.25, 0.3) is 0 Å². The van der Waals surface area contributed by atoms with Crippen molar-refractivity contribution in [1.82, 2.24) is 4.98 Å². The maximum Gasteiger partial charge on any atom is 0.137 e. The third-order valence-electron chi connectivity index (χ3n) is 2.77. The van der Waals surface area contributed by atoms with Crippen LogP contribution in [-0.2, 0) is 17.6 Å². The molecule has 2 rings (SSSR count). The monoisotopic (exact) mass is 240 g/mol. The van der Waals surface area contributed by atoms with E-state index in [1.807, 2.05) is 36.4 Å². The number of hydrogen-bond donors (Lipinski definition) is 1. The molecule has 3 nitrogen and oxygen atoms in total. The molecule has 0 atom stereocenters. The number of aryl methyl sites for hydroxylation is 1. The Hall–Kier alpha value is -2.16. The van der Waals surface area contributed by atoms with Crippen molar-refractivity contribution in [3.05, 3.63) is 59.9 Å². The van der Waals surface area contributed by atoms with Crippen molar-refractivity contribution < 1.29 is 4.79 Å². The first-order valence-electron chi connectivity index (χ1n) is 5.99. The third-order valence-corrected chi connectivity index (χ3v) is 2.77. The first-order valence-corrected chi connectivity index (χ1v) is 5.99. The van der Waals surface area contributed by atoms with E-state index in [0.717, 1.165) is 23.2 Å². The van der Waals surface area contributed by atoms with Gasteiger partial charge in [0, 0.05) is 30.9 Å². The number of ketones is 1. The molecular weight excluding hydrogens is 224 g/mol. The van der Waals surface area contributed by atoms with Gasteiger partial charge < -0.3 is 5.73 Å². The number of carbonyl (C=O) groups is 1. The summed E-state index contributed by atoms with van der Waals surface area (Å²) in [5.41, 5.74) is 8.51. The SMILES string of the molecule is Nc1cccc(CCC(=O)Cc2cccnc2)c1. The zero-order valence-electron chi connectivity index (χ0n) is 10.2. The Morgan fingerprint density at radius 3 is 2.72 bits per heavy atom. The fourth-order valence-electron chi connectivity index (χ4n) is 1.85. The van der Waals surface area contributed by atoms with E-state index in [1.54, 1.807) is 12.4 Å². The molecule has 0 aliphatic heterocycles. The Morgan fingerprint density at radius 1 is 1.17 bits per heavy atom. The highest BCUT2D eigenvalue weighted by Gasteiger charge is 2.04. The molecule has 0 aliphatic carbocycles. The number of nitrogens with zero attached hydrogens (tertiary/aromatic N) is 1. The van der Waals surface area contributed by atoms with Crippen LogP contribution in [0.15, 0.2) is 48.8 Å². The van der Waals surface area contributed by atoms with Gasteiger partial charge in [-0.1, -0.05) is 18.2 Å². The molecule has 0 radical (unpaired) electrons. The van der Waals surface area contributed by atoms with Crippen molar-refractivity contribution in [3.63, 3.8) is 0 Å². The average molecular weight is 240 g/mol. The standard InChI is InChI=1S/C15H16N2O/c16-14-5-1-3-12(9-14)6-7-15(18)10-13-4-2-8-17-11-13/h1-5,8-9,11H,6-7,10,16H2. The van der Waals surface area contributed by atoms with Crippen molar-refractivity contribution >= 4 is 11.5 Å². The van der Waals surface area contributed by atoms with E-state index in [9.17, 15) is 4.79 Å². The van der Waals surface area contributed by atoms with E-state index in [2.05, 4.69) is 4.98 Å². The summed E-state index contributed by atoms with van der Waals surface area (Å²) in [6.45, 7) is 0. The topological polar surface area (TPSA) is 56.0 Å². The van der Waals surface area contributed by atoms with Crippen LogP contribution in [0.4, 0.5) is 5.69 Å². The molecule has 2 aromatic rings. The number of hydrogen-bond acceptors (Lipinski definition) is 3. The molecule has 2 N–H and O–H groups in total. The molecule has 18 heavy (non-hydrogen) atoms. The number of pyridine rings is 1. The van der Waals surface area contributed by atoms with Crippen LogP contribution in [0.5, 0.6) is 0 Å². The minimum atomic E-state index is 0.227. The predicted molar refractivity (Wildman–Crippen MR) is 72.1 cm³/mol. The van der Waals surface area contributed by atoms with Gasteiger partial charge in [-0.25, -0.2) is 0 Å². The quantitative estimate of drug-likeness (QED) is 0.816. The first kappa shape index (κ1) is 12.3. The molecule has 0 saturated carbocycles. The lowest BCUT2D eigenvalue weighted by atomic mass is 10.0. The Bertz CT molecular complexity index is 523.